The van der Waals surface area contributed by atoms with Crippen molar-refractivity contribution >= 4 is 5.91 Å². The number of amides is 1. The number of nitrogens with one attached hydrogen (secondary N) is 1. The molecule has 0 saturated carbocycles. The Labute approximate surface area is 133 Å². The lowest BCUT2D eigenvalue weighted by Gasteiger charge is -2.19. The molecule has 1 aromatic rings. The van der Waals surface area contributed by atoms with E-state index in [1.54, 1.807) is 0 Å². The van der Waals surface area contributed by atoms with Crippen LogP contribution in [0.25, 0.3) is 0 Å². The molecular weight excluding hydrogens is 278 g/mol. The molecule has 5 nitrogen and oxygen atoms in total. The van der Waals surface area contributed by atoms with E-state index in [0.717, 1.165) is 23.4 Å². The number of aromatic nitrogens is 2. The first kappa shape index (κ1) is 18.4. The zero-order valence-electron chi connectivity index (χ0n) is 14.4. The van der Waals surface area contributed by atoms with Crippen LogP contribution in [0, 0.1) is 19.8 Å². The number of carbonyl (C=O) groups excluding carboxylic acids is 1. The molecule has 0 radical (unpaired) electrons. The van der Waals surface area contributed by atoms with E-state index in [9.17, 15) is 9.90 Å². The average Bonchev–Trinajstić information content (AvgIpc) is 2.69. The Morgan fingerprint density at radius 1 is 1.41 bits per heavy atom. The number of rotatable bonds is 8. The lowest BCUT2D eigenvalue weighted by atomic mass is 10.1. The summed E-state index contributed by atoms with van der Waals surface area (Å²) in [6.45, 7) is 14.4. The van der Waals surface area contributed by atoms with Gasteiger partial charge >= 0.3 is 0 Å². The summed E-state index contributed by atoms with van der Waals surface area (Å²) in [5.74, 6) is 0.159. The van der Waals surface area contributed by atoms with Gasteiger partial charge in [-0.3, -0.25) is 9.48 Å². The molecule has 1 aromatic heterocycles. The first-order valence-corrected chi connectivity index (χ1v) is 7.83. The molecule has 0 fully saturated rings. The molecule has 2 N–H and O–H groups in total. The Hall–Kier alpha value is -1.62. The Balaban J connectivity index is 2.65. The van der Waals surface area contributed by atoms with E-state index in [0.29, 0.717) is 13.0 Å². The van der Waals surface area contributed by atoms with Crippen molar-refractivity contribution in [3.8, 4) is 0 Å². The van der Waals surface area contributed by atoms with Gasteiger partial charge in [0.25, 0.3) is 0 Å². The fraction of sp³-hybridized carbons (Fsp3) is 0.647. The molecule has 1 rings (SSSR count). The van der Waals surface area contributed by atoms with Gasteiger partial charge < -0.3 is 10.4 Å². The van der Waals surface area contributed by atoms with Gasteiger partial charge in [-0.15, -0.1) is 0 Å². The molecule has 0 aromatic carbocycles. The first-order chi connectivity index (χ1) is 10.3. The van der Waals surface area contributed by atoms with Crippen LogP contribution in [0.2, 0.25) is 0 Å². The minimum absolute atomic E-state index is 0.0356. The largest absolute Gasteiger partial charge is 0.394 e. The third-order valence-corrected chi connectivity index (χ3v) is 3.91. The van der Waals surface area contributed by atoms with Gasteiger partial charge in [-0.05, 0) is 38.7 Å². The second kappa shape index (κ2) is 8.13. The monoisotopic (exact) mass is 307 g/mol. The van der Waals surface area contributed by atoms with E-state index in [-0.39, 0.29) is 24.5 Å². The summed E-state index contributed by atoms with van der Waals surface area (Å²) >= 11 is 0. The lowest BCUT2D eigenvalue weighted by Crippen LogP contribution is -2.41. The molecule has 0 spiro atoms. The van der Waals surface area contributed by atoms with Gasteiger partial charge in [0.1, 0.15) is 0 Å². The second-order valence-corrected chi connectivity index (χ2v) is 6.36. The van der Waals surface area contributed by atoms with E-state index in [1.807, 2.05) is 39.3 Å². The number of hydrogen-bond donors (Lipinski definition) is 2. The van der Waals surface area contributed by atoms with Gasteiger partial charge in [0.15, 0.2) is 0 Å². The molecule has 5 heteroatoms. The molecule has 22 heavy (non-hydrogen) atoms. The van der Waals surface area contributed by atoms with E-state index in [1.165, 1.54) is 5.56 Å². The molecule has 1 heterocycles. The first-order valence-electron chi connectivity index (χ1n) is 7.83. The van der Waals surface area contributed by atoms with Crippen LogP contribution in [0.15, 0.2) is 12.2 Å². The Morgan fingerprint density at radius 2 is 2.05 bits per heavy atom. The maximum Gasteiger partial charge on any atom is 0.222 e. The summed E-state index contributed by atoms with van der Waals surface area (Å²) in [5, 5.41) is 16.6. The third kappa shape index (κ3) is 4.98. The quantitative estimate of drug-likeness (QED) is 0.723. The van der Waals surface area contributed by atoms with Crippen LogP contribution in [-0.4, -0.2) is 33.4 Å². The highest BCUT2D eigenvalue weighted by Crippen LogP contribution is 2.17. The van der Waals surface area contributed by atoms with Crippen LogP contribution >= 0.6 is 0 Å². The second-order valence-electron chi connectivity index (χ2n) is 6.36. The zero-order chi connectivity index (χ0) is 16.9. The predicted octanol–water partition coefficient (Wildman–Crippen LogP) is 2.14. The fourth-order valence-electron chi connectivity index (χ4n) is 2.42. The van der Waals surface area contributed by atoms with E-state index >= 15 is 0 Å². The summed E-state index contributed by atoms with van der Waals surface area (Å²) in [4.78, 5) is 12.0. The van der Waals surface area contributed by atoms with Crippen LogP contribution in [0.3, 0.4) is 0 Å². The number of hydrogen-bond acceptors (Lipinski definition) is 3. The number of aliphatic hydroxyl groups is 1. The van der Waals surface area contributed by atoms with Crippen LogP contribution in [0.4, 0.5) is 0 Å². The molecule has 0 aliphatic rings. The SMILES string of the molecule is C=C(C)Cc1c(C)nn(CCC(=O)N[C@H](CO)C(C)C)c1C. The smallest absolute Gasteiger partial charge is 0.222 e. The van der Waals surface area contributed by atoms with Gasteiger partial charge in [0.2, 0.25) is 5.91 Å². The van der Waals surface area contributed by atoms with Crippen molar-refractivity contribution < 1.29 is 9.90 Å². The number of aliphatic hydroxyl groups excluding tert-OH is 1. The van der Waals surface area contributed by atoms with Gasteiger partial charge in [-0.25, -0.2) is 0 Å². The number of aryl methyl sites for hydroxylation is 2. The summed E-state index contributed by atoms with van der Waals surface area (Å²) in [6.07, 6.45) is 1.18. The number of nitrogens with zero attached hydrogens (tertiary/aromatic N) is 2. The fourth-order valence-corrected chi connectivity index (χ4v) is 2.42. The maximum atomic E-state index is 12.0. The topological polar surface area (TPSA) is 67.2 Å². The van der Waals surface area contributed by atoms with Crippen molar-refractivity contribution in [2.45, 2.75) is 60.0 Å². The maximum absolute atomic E-state index is 12.0. The zero-order valence-corrected chi connectivity index (χ0v) is 14.4. The minimum atomic E-state index is -0.188. The van der Waals surface area contributed by atoms with Gasteiger partial charge in [0, 0.05) is 18.7 Å². The van der Waals surface area contributed by atoms with Gasteiger partial charge in [0.05, 0.1) is 18.3 Å². The van der Waals surface area contributed by atoms with Gasteiger partial charge in [-0.1, -0.05) is 26.0 Å². The Bertz CT molecular complexity index is 532. The molecule has 0 saturated heterocycles. The van der Waals surface area contributed by atoms with E-state index < -0.39 is 0 Å². The highest BCUT2D eigenvalue weighted by Gasteiger charge is 2.16. The minimum Gasteiger partial charge on any atom is -0.394 e. The van der Waals surface area contributed by atoms with Crippen LogP contribution in [-0.2, 0) is 17.8 Å². The normalized spacial score (nSPS) is 12.5. The van der Waals surface area contributed by atoms with Crippen molar-refractivity contribution in [2.75, 3.05) is 6.61 Å². The summed E-state index contributed by atoms with van der Waals surface area (Å²) in [6, 6.07) is -0.188. The van der Waals surface area contributed by atoms with E-state index in [4.69, 9.17) is 0 Å². The molecule has 0 unspecified atom stereocenters. The highest BCUT2D eigenvalue weighted by atomic mass is 16.3. The predicted molar refractivity (Wildman–Crippen MR) is 88.7 cm³/mol. The molecular formula is C17H29N3O2. The molecule has 1 amide bonds. The van der Waals surface area contributed by atoms with Crippen LogP contribution in [0.5, 0.6) is 0 Å². The number of allylic oxidation sites excluding steroid dienone is 1. The summed E-state index contributed by atoms with van der Waals surface area (Å²) in [7, 11) is 0. The van der Waals surface area contributed by atoms with Crippen LogP contribution in [0.1, 0.15) is 44.1 Å². The molecule has 0 aliphatic carbocycles. The number of carbonyl (C=O) groups is 1. The van der Waals surface area contributed by atoms with Crippen molar-refractivity contribution in [3.05, 3.63) is 29.1 Å². The lowest BCUT2D eigenvalue weighted by molar-refractivity contribution is -0.122. The molecule has 0 aliphatic heterocycles. The van der Waals surface area contributed by atoms with Crippen molar-refractivity contribution in [1.29, 1.82) is 0 Å². The summed E-state index contributed by atoms with van der Waals surface area (Å²) < 4.78 is 1.89. The van der Waals surface area contributed by atoms with Gasteiger partial charge in [-0.2, -0.15) is 5.10 Å². The van der Waals surface area contributed by atoms with Crippen LogP contribution < -0.4 is 5.32 Å². The third-order valence-electron chi connectivity index (χ3n) is 3.91. The standard InChI is InChI=1S/C17H29N3O2/c1-11(2)9-15-13(5)19-20(14(15)6)8-7-17(22)18-16(10-21)12(3)4/h12,16,21H,1,7-10H2,2-6H3,(H,18,22)/t16-/m1/s1. The molecule has 1 atom stereocenters. The highest BCUT2D eigenvalue weighted by molar-refractivity contribution is 5.76. The van der Waals surface area contributed by atoms with E-state index in [2.05, 4.69) is 17.0 Å². The van der Waals surface area contributed by atoms with Crippen molar-refractivity contribution in [1.82, 2.24) is 15.1 Å². The van der Waals surface area contributed by atoms with Crippen molar-refractivity contribution in [2.24, 2.45) is 5.92 Å². The molecule has 0 bridgehead atoms. The van der Waals surface area contributed by atoms with Crippen molar-refractivity contribution in [3.63, 3.8) is 0 Å². The average molecular weight is 307 g/mol. The molecule has 124 valence electrons. The Kier molecular flexibility index (Phi) is 6.81. The Morgan fingerprint density at radius 3 is 2.55 bits per heavy atom. The summed E-state index contributed by atoms with van der Waals surface area (Å²) in [5.41, 5.74) is 4.39.